The molecule has 0 radical (unpaired) electrons. The quantitative estimate of drug-likeness (QED) is 0.865. The van der Waals surface area contributed by atoms with Crippen molar-refractivity contribution in [2.75, 3.05) is 7.05 Å². The molecule has 0 saturated heterocycles. The van der Waals surface area contributed by atoms with E-state index < -0.39 is 0 Å². The Labute approximate surface area is 119 Å². The Kier molecular flexibility index (Phi) is 4.14. The van der Waals surface area contributed by atoms with Gasteiger partial charge >= 0.3 is 0 Å². The normalized spacial score (nSPS) is 10.4. The minimum atomic E-state index is 0.0156. The molecule has 1 aromatic heterocycles. The third-order valence-corrected chi connectivity index (χ3v) is 4.22. The van der Waals surface area contributed by atoms with Crippen molar-refractivity contribution in [2.24, 2.45) is 0 Å². The van der Waals surface area contributed by atoms with Gasteiger partial charge in [0.1, 0.15) is 0 Å². The maximum atomic E-state index is 12.3. The molecule has 1 heterocycles. The van der Waals surface area contributed by atoms with Crippen molar-refractivity contribution in [1.29, 1.82) is 0 Å². The van der Waals surface area contributed by atoms with Crippen molar-refractivity contribution in [1.82, 2.24) is 9.88 Å². The van der Waals surface area contributed by atoms with E-state index in [-0.39, 0.29) is 5.91 Å². The first-order chi connectivity index (χ1) is 8.59. The predicted octanol–water partition coefficient (Wildman–Crippen LogP) is 3.49. The zero-order valence-electron chi connectivity index (χ0n) is 10.2. The van der Waals surface area contributed by atoms with Crippen molar-refractivity contribution >= 4 is 33.2 Å². The van der Waals surface area contributed by atoms with Crippen LogP contribution in [0.1, 0.15) is 21.6 Å². The summed E-state index contributed by atoms with van der Waals surface area (Å²) >= 11 is 4.98. The largest absolute Gasteiger partial charge is 0.336 e. The lowest BCUT2D eigenvalue weighted by Gasteiger charge is -2.17. The SMILES string of the molecule is Cc1c(Br)cccc1C(=O)N(C)Cc1cscn1. The summed E-state index contributed by atoms with van der Waals surface area (Å²) < 4.78 is 0.954. The second-order valence-electron chi connectivity index (χ2n) is 4.05. The first kappa shape index (κ1) is 13.2. The third kappa shape index (κ3) is 2.79. The Morgan fingerprint density at radius 3 is 2.94 bits per heavy atom. The number of carbonyl (C=O) groups excluding carboxylic acids is 1. The van der Waals surface area contributed by atoms with E-state index in [1.807, 2.05) is 30.5 Å². The highest BCUT2D eigenvalue weighted by Crippen LogP contribution is 2.21. The summed E-state index contributed by atoms with van der Waals surface area (Å²) in [5.74, 6) is 0.0156. The molecule has 0 aliphatic rings. The molecule has 0 spiro atoms. The molecule has 0 aliphatic carbocycles. The molecule has 94 valence electrons. The van der Waals surface area contributed by atoms with Crippen molar-refractivity contribution in [3.63, 3.8) is 0 Å². The van der Waals surface area contributed by atoms with E-state index in [4.69, 9.17) is 0 Å². The van der Waals surface area contributed by atoms with Crippen LogP contribution >= 0.6 is 27.3 Å². The van der Waals surface area contributed by atoms with Gasteiger partial charge in [-0.05, 0) is 24.6 Å². The van der Waals surface area contributed by atoms with Gasteiger partial charge in [0.15, 0.2) is 0 Å². The molecule has 0 atom stereocenters. The fourth-order valence-electron chi connectivity index (χ4n) is 1.68. The Bertz CT molecular complexity index is 554. The minimum Gasteiger partial charge on any atom is -0.336 e. The molecule has 0 unspecified atom stereocenters. The number of halogens is 1. The van der Waals surface area contributed by atoms with Gasteiger partial charge in [-0.25, -0.2) is 4.98 Å². The summed E-state index contributed by atoms with van der Waals surface area (Å²) in [5, 5.41) is 1.96. The Hall–Kier alpha value is -1.20. The molecule has 18 heavy (non-hydrogen) atoms. The topological polar surface area (TPSA) is 33.2 Å². The molecule has 3 nitrogen and oxygen atoms in total. The van der Waals surface area contributed by atoms with Gasteiger partial charge < -0.3 is 4.90 Å². The van der Waals surface area contributed by atoms with Gasteiger partial charge in [-0.15, -0.1) is 11.3 Å². The van der Waals surface area contributed by atoms with Gasteiger partial charge in [0.2, 0.25) is 0 Å². The number of amides is 1. The molecule has 2 rings (SSSR count). The Balaban J connectivity index is 2.18. The number of rotatable bonds is 3. The van der Waals surface area contributed by atoms with E-state index in [9.17, 15) is 4.79 Å². The third-order valence-electron chi connectivity index (χ3n) is 2.73. The Morgan fingerprint density at radius 1 is 1.50 bits per heavy atom. The van der Waals surface area contributed by atoms with Crippen LogP contribution in [0.25, 0.3) is 0 Å². The molecule has 0 aliphatic heterocycles. The van der Waals surface area contributed by atoms with E-state index in [1.165, 1.54) is 11.3 Å². The lowest BCUT2D eigenvalue weighted by molar-refractivity contribution is 0.0783. The van der Waals surface area contributed by atoms with Crippen molar-refractivity contribution in [3.05, 3.63) is 50.4 Å². The lowest BCUT2D eigenvalue weighted by Crippen LogP contribution is -2.27. The van der Waals surface area contributed by atoms with E-state index in [2.05, 4.69) is 20.9 Å². The number of thiazole rings is 1. The first-order valence-corrected chi connectivity index (χ1v) is 7.21. The fraction of sp³-hybridized carbons (Fsp3) is 0.231. The molecule has 0 N–H and O–H groups in total. The number of benzene rings is 1. The molecule has 1 aromatic carbocycles. The molecule has 0 fully saturated rings. The summed E-state index contributed by atoms with van der Waals surface area (Å²) in [6, 6.07) is 5.66. The Morgan fingerprint density at radius 2 is 2.28 bits per heavy atom. The summed E-state index contributed by atoms with van der Waals surface area (Å²) in [5.41, 5.74) is 4.39. The fourth-order valence-corrected chi connectivity index (χ4v) is 2.59. The van der Waals surface area contributed by atoms with E-state index in [1.54, 1.807) is 17.5 Å². The lowest BCUT2D eigenvalue weighted by atomic mass is 10.1. The van der Waals surface area contributed by atoms with E-state index >= 15 is 0 Å². The highest BCUT2D eigenvalue weighted by molar-refractivity contribution is 9.10. The molecule has 0 saturated carbocycles. The van der Waals surface area contributed by atoms with Crippen molar-refractivity contribution in [3.8, 4) is 0 Å². The second kappa shape index (κ2) is 5.63. The van der Waals surface area contributed by atoms with Gasteiger partial charge in [-0.2, -0.15) is 0 Å². The van der Waals surface area contributed by atoms with Crippen LogP contribution in [0.2, 0.25) is 0 Å². The van der Waals surface area contributed by atoms with Crippen LogP contribution in [0.4, 0.5) is 0 Å². The highest BCUT2D eigenvalue weighted by Gasteiger charge is 2.15. The van der Waals surface area contributed by atoms with Gasteiger partial charge in [0.05, 0.1) is 17.7 Å². The summed E-state index contributed by atoms with van der Waals surface area (Å²) in [7, 11) is 1.79. The monoisotopic (exact) mass is 324 g/mol. The predicted molar refractivity (Wildman–Crippen MR) is 76.8 cm³/mol. The molecule has 0 bridgehead atoms. The van der Waals surface area contributed by atoms with Gasteiger partial charge in [0, 0.05) is 22.5 Å². The van der Waals surface area contributed by atoms with Crippen LogP contribution in [0.15, 0.2) is 33.6 Å². The maximum absolute atomic E-state index is 12.3. The van der Waals surface area contributed by atoms with Crippen molar-refractivity contribution < 1.29 is 4.79 Å². The summed E-state index contributed by atoms with van der Waals surface area (Å²) in [6.45, 7) is 2.47. The van der Waals surface area contributed by atoms with Gasteiger partial charge in [0.25, 0.3) is 5.91 Å². The van der Waals surface area contributed by atoms with Crippen LogP contribution < -0.4 is 0 Å². The molecular formula is C13H13BrN2OS. The highest BCUT2D eigenvalue weighted by atomic mass is 79.9. The van der Waals surface area contributed by atoms with Gasteiger partial charge in [-0.1, -0.05) is 22.0 Å². The van der Waals surface area contributed by atoms with Crippen LogP contribution in [-0.4, -0.2) is 22.8 Å². The molecule has 5 heteroatoms. The van der Waals surface area contributed by atoms with Crippen molar-refractivity contribution in [2.45, 2.75) is 13.5 Å². The first-order valence-electron chi connectivity index (χ1n) is 5.47. The number of hydrogen-bond acceptors (Lipinski definition) is 3. The van der Waals surface area contributed by atoms with Gasteiger partial charge in [-0.3, -0.25) is 4.79 Å². The molecule has 1 amide bonds. The van der Waals surface area contributed by atoms with E-state index in [0.717, 1.165) is 21.3 Å². The number of hydrogen-bond donors (Lipinski definition) is 0. The smallest absolute Gasteiger partial charge is 0.254 e. The zero-order valence-corrected chi connectivity index (χ0v) is 12.6. The standard InChI is InChI=1S/C13H13BrN2OS/c1-9-11(4-3-5-12(9)14)13(17)16(2)6-10-7-18-8-15-10/h3-5,7-8H,6H2,1-2H3. The van der Waals surface area contributed by atoms with E-state index in [0.29, 0.717) is 6.54 Å². The maximum Gasteiger partial charge on any atom is 0.254 e. The minimum absolute atomic E-state index is 0.0156. The number of aromatic nitrogens is 1. The molecule has 2 aromatic rings. The van der Waals surface area contributed by atoms with Crippen LogP contribution in [0, 0.1) is 6.92 Å². The van der Waals surface area contributed by atoms with Crippen LogP contribution in [0.3, 0.4) is 0 Å². The van der Waals surface area contributed by atoms with Crippen LogP contribution in [0.5, 0.6) is 0 Å². The summed E-state index contributed by atoms with van der Waals surface area (Å²) in [4.78, 5) is 18.2. The zero-order chi connectivity index (χ0) is 13.1. The number of nitrogens with zero attached hydrogens (tertiary/aromatic N) is 2. The second-order valence-corrected chi connectivity index (χ2v) is 5.63. The average Bonchev–Trinajstić information content (AvgIpc) is 2.84. The summed E-state index contributed by atoms with van der Waals surface area (Å²) in [6.07, 6.45) is 0. The average molecular weight is 325 g/mol. The van der Waals surface area contributed by atoms with Crippen LogP contribution in [-0.2, 0) is 6.54 Å². The molecular weight excluding hydrogens is 312 g/mol. The number of carbonyl (C=O) groups is 1.